The number of nitrogens with zero attached hydrogens (tertiary/aromatic N) is 2. The van der Waals surface area contributed by atoms with Crippen molar-refractivity contribution in [1.29, 1.82) is 0 Å². The van der Waals surface area contributed by atoms with E-state index in [9.17, 15) is 9.59 Å². The number of ether oxygens (including phenoxy) is 2. The number of hydrogen-bond acceptors (Lipinski definition) is 6. The van der Waals surface area contributed by atoms with Crippen LogP contribution in [0.3, 0.4) is 0 Å². The maximum absolute atomic E-state index is 12.1. The first-order valence-electron chi connectivity index (χ1n) is 9.48. The molecule has 2 aromatic rings. The van der Waals surface area contributed by atoms with Crippen molar-refractivity contribution < 1.29 is 19.1 Å². The first kappa shape index (κ1) is 17.1. The van der Waals surface area contributed by atoms with Crippen LogP contribution in [-0.2, 0) is 11.2 Å². The SMILES string of the molecule is CC1(C)CCc2c(c(C(N)=O)cc3ccnc(N4CC5NC(=O)OC5C4)c23)O1. The number of anilines is 1. The number of hydrogen-bond donors (Lipinski definition) is 2. The summed E-state index contributed by atoms with van der Waals surface area (Å²) in [6.07, 6.45) is 2.79. The molecule has 2 saturated heterocycles. The van der Waals surface area contributed by atoms with Gasteiger partial charge >= 0.3 is 6.09 Å². The van der Waals surface area contributed by atoms with Gasteiger partial charge in [0.1, 0.15) is 23.3 Å². The van der Waals surface area contributed by atoms with Gasteiger partial charge in [0, 0.05) is 23.7 Å². The van der Waals surface area contributed by atoms with Gasteiger partial charge in [-0.15, -0.1) is 0 Å². The number of fused-ring (bicyclic) bond motifs is 4. The van der Waals surface area contributed by atoms with Crippen molar-refractivity contribution in [2.45, 2.75) is 44.4 Å². The van der Waals surface area contributed by atoms with Crippen molar-refractivity contribution in [2.24, 2.45) is 5.73 Å². The van der Waals surface area contributed by atoms with Crippen molar-refractivity contribution in [3.05, 3.63) is 29.5 Å². The summed E-state index contributed by atoms with van der Waals surface area (Å²) in [5, 5.41) is 4.73. The van der Waals surface area contributed by atoms with Crippen LogP contribution in [0.1, 0.15) is 36.2 Å². The maximum atomic E-state index is 12.1. The van der Waals surface area contributed by atoms with E-state index in [4.69, 9.17) is 15.2 Å². The van der Waals surface area contributed by atoms with Crippen LogP contribution in [0.25, 0.3) is 10.8 Å². The Bertz CT molecular complexity index is 1000. The van der Waals surface area contributed by atoms with Crippen molar-refractivity contribution in [3.63, 3.8) is 0 Å². The number of pyridine rings is 1. The lowest BCUT2D eigenvalue weighted by atomic mass is 9.89. The Morgan fingerprint density at radius 2 is 2.21 bits per heavy atom. The van der Waals surface area contributed by atoms with Gasteiger partial charge in [0.05, 0.1) is 18.2 Å². The molecule has 0 aliphatic carbocycles. The molecule has 2 amide bonds. The smallest absolute Gasteiger partial charge is 0.407 e. The number of benzene rings is 1. The summed E-state index contributed by atoms with van der Waals surface area (Å²) in [6.45, 7) is 5.23. The number of carbonyl (C=O) groups excluding carboxylic acids is 2. The number of aryl methyl sites for hydroxylation is 1. The fourth-order valence-corrected chi connectivity index (χ4v) is 4.45. The minimum absolute atomic E-state index is 0.0412. The first-order chi connectivity index (χ1) is 13.3. The van der Waals surface area contributed by atoms with E-state index in [1.54, 1.807) is 12.3 Å². The third-order valence-electron chi connectivity index (χ3n) is 5.83. The second-order valence-electron chi connectivity index (χ2n) is 8.29. The number of rotatable bonds is 2. The fraction of sp³-hybridized carbons (Fsp3) is 0.450. The molecule has 146 valence electrons. The molecule has 5 rings (SSSR count). The second kappa shape index (κ2) is 5.73. The van der Waals surface area contributed by atoms with Gasteiger partial charge in [-0.3, -0.25) is 4.79 Å². The Morgan fingerprint density at radius 3 is 2.96 bits per heavy atom. The average Bonchev–Trinajstić information content (AvgIpc) is 3.16. The molecule has 8 heteroatoms. The predicted octanol–water partition coefficient (Wildman–Crippen LogP) is 1.73. The number of nitrogens with one attached hydrogen (secondary N) is 1. The lowest BCUT2D eigenvalue weighted by Crippen LogP contribution is -2.35. The summed E-state index contributed by atoms with van der Waals surface area (Å²) in [5.74, 6) is 0.885. The van der Waals surface area contributed by atoms with E-state index in [0.717, 1.165) is 35.0 Å². The molecule has 3 N–H and O–H groups in total. The van der Waals surface area contributed by atoms with E-state index in [0.29, 0.717) is 24.4 Å². The van der Waals surface area contributed by atoms with Gasteiger partial charge in [0.2, 0.25) is 0 Å². The Balaban J connectivity index is 1.66. The first-order valence-corrected chi connectivity index (χ1v) is 9.48. The molecule has 2 unspecified atom stereocenters. The minimum atomic E-state index is -0.499. The number of aromatic nitrogens is 1. The summed E-state index contributed by atoms with van der Waals surface area (Å²) < 4.78 is 11.5. The normalized spacial score (nSPS) is 24.9. The highest BCUT2D eigenvalue weighted by Gasteiger charge is 2.43. The molecule has 28 heavy (non-hydrogen) atoms. The summed E-state index contributed by atoms with van der Waals surface area (Å²) in [6, 6.07) is 3.64. The van der Waals surface area contributed by atoms with Gasteiger partial charge in [-0.1, -0.05) is 0 Å². The largest absolute Gasteiger partial charge is 0.487 e. The van der Waals surface area contributed by atoms with Crippen molar-refractivity contribution in [3.8, 4) is 5.75 Å². The number of carbonyl (C=O) groups is 2. The fourth-order valence-electron chi connectivity index (χ4n) is 4.45. The van der Waals surface area contributed by atoms with Crippen molar-refractivity contribution in [1.82, 2.24) is 10.3 Å². The van der Waals surface area contributed by atoms with E-state index in [-0.39, 0.29) is 23.8 Å². The molecule has 3 aliphatic heterocycles. The molecule has 8 nitrogen and oxygen atoms in total. The third kappa shape index (κ3) is 2.55. The van der Waals surface area contributed by atoms with Gasteiger partial charge in [0.25, 0.3) is 5.91 Å². The Hall–Kier alpha value is -3.03. The quantitative estimate of drug-likeness (QED) is 0.819. The lowest BCUT2D eigenvalue weighted by Gasteiger charge is -2.35. The number of amides is 2. The van der Waals surface area contributed by atoms with Crippen LogP contribution in [0, 0.1) is 0 Å². The second-order valence-corrected chi connectivity index (χ2v) is 8.29. The zero-order chi connectivity index (χ0) is 19.6. The summed E-state index contributed by atoms with van der Waals surface area (Å²) in [5.41, 5.74) is 6.66. The number of primary amides is 1. The van der Waals surface area contributed by atoms with Crippen LogP contribution in [-0.4, -0.2) is 47.8 Å². The molecule has 3 aliphatic rings. The molecule has 0 saturated carbocycles. The Kier molecular flexibility index (Phi) is 3.50. The topological polar surface area (TPSA) is 107 Å². The van der Waals surface area contributed by atoms with Gasteiger partial charge < -0.3 is 25.4 Å². The molecule has 0 radical (unpaired) electrons. The molecule has 0 spiro atoms. The highest BCUT2D eigenvalue weighted by atomic mass is 16.6. The van der Waals surface area contributed by atoms with Crippen LogP contribution < -0.4 is 20.7 Å². The molecule has 1 aromatic heterocycles. The van der Waals surface area contributed by atoms with Gasteiger partial charge in [-0.05, 0) is 44.2 Å². The summed E-state index contributed by atoms with van der Waals surface area (Å²) >= 11 is 0. The monoisotopic (exact) mass is 382 g/mol. The molecule has 2 fully saturated rings. The lowest BCUT2D eigenvalue weighted by molar-refractivity contribution is 0.0812. The van der Waals surface area contributed by atoms with Crippen LogP contribution in [0.15, 0.2) is 18.3 Å². The van der Waals surface area contributed by atoms with E-state index in [1.807, 2.05) is 19.9 Å². The van der Waals surface area contributed by atoms with Crippen LogP contribution in [0.4, 0.5) is 10.6 Å². The highest BCUT2D eigenvalue weighted by Crippen LogP contribution is 2.43. The molecular weight excluding hydrogens is 360 g/mol. The number of nitrogens with two attached hydrogens (primary N) is 1. The standard InChI is InChI=1S/C20H22N4O4/c1-20(2)5-3-11-15-10(7-12(17(21)25)16(11)28-20)4-6-22-18(15)24-8-13-14(9-24)27-19(26)23-13/h4,6-7,13-14H,3,5,8-9H2,1-2H3,(H2,21,25)(H,23,26). The van der Waals surface area contributed by atoms with Crippen LogP contribution in [0.5, 0.6) is 5.75 Å². The Morgan fingerprint density at radius 1 is 1.39 bits per heavy atom. The van der Waals surface area contributed by atoms with Gasteiger partial charge in [0.15, 0.2) is 0 Å². The van der Waals surface area contributed by atoms with Crippen molar-refractivity contribution in [2.75, 3.05) is 18.0 Å². The van der Waals surface area contributed by atoms with Crippen LogP contribution in [0.2, 0.25) is 0 Å². The zero-order valence-corrected chi connectivity index (χ0v) is 15.8. The molecule has 4 heterocycles. The zero-order valence-electron chi connectivity index (χ0n) is 15.8. The van der Waals surface area contributed by atoms with Gasteiger partial charge in [-0.2, -0.15) is 0 Å². The van der Waals surface area contributed by atoms with E-state index in [1.165, 1.54) is 0 Å². The minimum Gasteiger partial charge on any atom is -0.487 e. The van der Waals surface area contributed by atoms with E-state index < -0.39 is 5.91 Å². The molecule has 1 aromatic carbocycles. The van der Waals surface area contributed by atoms with E-state index in [2.05, 4.69) is 15.2 Å². The molecule has 0 bridgehead atoms. The molecule has 2 atom stereocenters. The molecular formula is C20H22N4O4. The predicted molar refractivity (Wildman–Crippen MR) is 103 cm³/mol. The summed E-state index contributed by atoms with van der Waals surface area (Å²) in [7, 11) is 0. The van der Waals surface area contributed by atoms with Crippen molar-refractivity contribution >= 4 is 28.6 Å². The van der Waals surface area contributed by atoms with Gasteiger partial charge in [-0.25, -0.2) is 9.78 Å². The average molecular weight is 382 g/mol. The Labute approximate surface area is 162 Å². The third-order valence-corrected chi connectivity index (χ3v) is 5.83. The van der Waals surface area contributed by atoms with Crippen LogP contribution >= 0.6 is 0 Å². The highest BCUT2D eigenvalue weighted by molar-refractivity contribution is 6.05. The van der Waals surface area contributed by atoms with E-state index >= 15 is 0 Å². The number of alkyl carbamates (subject to hydrolysis) is 1. The maximum Gasteiger partial charge on any atom is 0.407 e. The summed E-state index contributed by atoms with van der Waals surface area (Å²) in [4.78, 5) is 30.3.